The lowest BCUT2D eigenvalue weighted by molar-refractivity contribution is -0.124. The summed E-state index contributed by atoms with van der Waals surface area (Å²) in [6.07, 6.45) is 0. The van der Waals surface area contributed by atoms with Gasteiger partial charge in [0.1, 0.15) is 11.5 Å². The molecule has 7 nitrogen and oxygen atoms in total. The van der Waals surface area contributed by atoms with Gasteiger partial charge in [0.05, 0.1) is 8.95 Å². The number of rotatable bonds is 6. The van der Waals surface area contributed by atoms with Gasteiger partial charge in [0.2, 0.25) is 0 Å². The zero-order valence-corrected chi connectivity index (χ0v) is 22.1. The van der Waals surface area contributed by atoms with Crippen LogP contribution in [0.5, 0.6) is 11.5 Å². The van der Waals surface area contributed by atoms with Crippen LogP contribution >= 0.6 is 44.1 Å². The molecular weight excluding hydrogens is 598 g/mol. The molecule has 0 aliphatic heterocycles. The fourth-order valence-electron chi connectivity index (χ4n) is 3.29. The van der Waals surface area contributed by atoms with Gasteiger partial charge in [-0.1, -0.05) is 60.7 Å². The third-order valence-electron chi connectivity index (χ3n) is 4.94. The average molecular weight is 617 g/mol. The number of hydrazine groups is 1. The van der Waals surface area contributed by atoms with Crippen molar-refractivity contribution in [1.82, 2.24) is 16.2 Å². The smallest absolute Gasteiger partial charge is 0.276 e. The second kappa shape index (κ2) is 11.5. The predicted molar refractivity (Wildman–Crippen MR) is 146 cm³/mol. The van der Waals surface area contributed by atoms with Crippen molar-refractivity contribution in [2.75, 3.05) is 13.2 Å². The summed E-state index contributed by atoms with van der Waals surface area (Å²) in [4.78, 5) is 24.3. The van der Waals surface area contributed by atoms with Gasteiger partial charge in [-0.25, -0.2) is 0 Å². The highest BCUT2D eigenvalue weighted by Gasteiger charge is 2.12. The Morgan fingerprint density at radius 3 is 1.71 bits per heavy atom. The molecule has 35 heavy (non-hydrogen) atoms. The van der Waals surface area contributed by atoms with Gasteiger partial charge in [0, 0.05) is 0 Å². The molecule has 0 heterocycles. The van der Waals surface area contributed by atoms with Crippen molar-refractivity contribution in [1.29, 1.82) is 0 Å². The fourth-order valence-corrected chi connectivity index (χ4v) is 4.67. The van der Waals surface area contributed by atoms with E-state index in [0.717, 1.165) is 30.5 Å². The van der Waals surface area contributed by atoms with Crippen molar-refractivity contribution < 1.29 is 19.1 Å². The molecule has 2 amide bonds. The predicted octanol–water partition coefficient (Wildman–Crippen LogP) is 5.00. The van der Waals surface area contributed by atoms with Crippen molar-refractivity contribution in [2.45, 2.75) is 0 Å². The van der Waals surface area contributed by atoms with Crippen molar-refractivity contribution in [3.63, 3.8) is 0 Å². The van der Waals surface area contributed by atoms with Gasteiger partial charge in [-0.05, 0) is 77.8 Å². The molecule has 0 radical (unpaired) electrons. The number of ether oxygens (including phenoxy) is 2. The quantitative estimate of drug-likeness (QED) is 0.209. The largest absolute Gasteiger partial charge is 0.483 e. The number of nitrogens with one attached hydrogen (secondary N) is 3. The number of carbonyl (C=O) groups is 2. The molecule has 4 aromatic carbocycles. The Balaban J connectivity index is 1.21. The average Bonchev–Trinajstić information content (AvgIpc) is 2.87. The monoisotopic (exact) mass is 615 g/mol. The SMILES string of the molecule is O=C(COc1ccc2ccccc2c1Br)NNC(=S)NC(=O)COc1ccc2ccccc2c1Br. The first-order valence-electron chi connectivity index (χ1n) is 10.4. The minimum absolute atomic E-state index is 0.0728. The van der Waals surface area contributed by atoms with Crippen LogP contribution in [0.4, 0.5) is 0 Å². The zero-order valence-electron chi connectivity index (χ0n) is 18.1. The molecule has 0 spiro atoms. The second-order valence-electron chi connectivity index (χ2n) is 7.33. The molecule has 0 aliphatic carbocycles. The summed E-state index contributed by atoms with van der Waals surface area (Å²) in [5, 5.41) is 6.42. The number of amides is 2. The molecule has 178 valence electrons. The van der Waals surface area contributed by atoms with E-state index in [0.29, 0.717) is 11.5 Å². The van der Waals surface area contributed by atoms with Crippen LogP contribution in [-0.4, -0.2) is 30.1 Å². The van der Waals surface area contributed by atoms with Crippen LogP contribution in [-0.2, 0) is 9.59 Å². The number of fused-ring (bicyclic) bond motifs is 2. The second-order valence-corrected chi connectivity index (χ2v) is 9.32. The molecule has 0 aliphatic rings. The Morgan fingerprint density at radius 2 is 1.17 bits per heavy atom. The summed E-state index contributed by atoms with van der Waals surface area (Å²) in [5.41, 5.74) is 4.86. The van der Waals surface area contributed by atoms with Gasteiger partial charge in [-0.3, -0.25) is 25.8 Å². The highest BCUT2D eigenvalue weighted by Crippen LogP contribution is 2.34. The van der Waals surface area contributed by atoms with Gasteiger partial charge in [0.25, 0.3) is 11.8 Å². The first-order chi connectivity index (χ1) is 16.9. The lowest BCUT2D eigenvalue weighted by atomic mass is 10.1. The molecule has 0 saturated heterocycles. The van der Waals surface area contributed by atoms with Crippen molar-refractivity contribution in [3.8, 4) is 11.5 Å². The summed E-state index contributed by atoms with van der Waals surface area (Å²) in [6, 6.07) is 23.0. The van der Waals surface area contributed by atoms with Crippen LogP contribution in [0, 0.1) is 0 Å². The van der Waals surface area contributed by atoms with Gasteiger partial charge >= 0.3 is 0 Å². The van der Waals surface area contributed by atoms with Crippen LogP contribution < -0.4 is 25.6 Å². The normalized spacial score (nSPS) is 10.6. The van der Waals surface area contributed by atoms with Crippen LogP contribution in [0.15, 0.2) is 81.7 Å². The Labute approximate surface area is 223 Å². The molecule has 0 bridgehead atoms. The number of hydrogen-bond donors (Lipinski definition) is 3. The third-order valence-corrected chi connectivity index (χ3v) is 6.78. The molecule has 0 atom stereocenters. The molecule has 0 saturated carbocycles. The van der Waals surface area contributed by atoms with Crippen molar-refractivity contribution in [2.24, 2.45) is 0 Å². The summed E-state index contributed by atoms with van der Waals surface area (Å²) in [5.74, 6) is 0.112. The maximum Gasteiger partial charge on any atom is 0.276 e. The molecular formula is C25H19Br2N3O4S. The Morgan fingerprint density at radius 1 is 0.686 bits per heavy atom. The van der Waals surface area contributed by atoms with Crippen LogP contribution in [0.25, 0.3) is 21.5 Å². The highest BCUT2D eigenvalue weighted by atomic mass is 79.9. The van der Waals surface area contributed by atoms with E-state index in [9.17, 15) is 9.59 Å². The topological polar surface area (TPSA) is 88.7 Å². The molecule has 4 rings (SSSR count). The van der Waals surface area contributed by atoms with Crippen LogP contribution in [0.1, 0.15) is 0 Å². The number of benzene rings is 4. The molecule has 0 fully saturated rings. The van der Waals surface area contributed by atoms with E-state index in [2.05, 4.69) is 48.0 Å². The van der Waals surface area contributed by atoms with Gasteiger partial charge in [-0.2, -0.15) is 0 Å². The minimum atomic E-state index is -0.479. The lowest BCUT2D eigenvalue weighted by Gasteiger charge is -2.13. The number of thiocarbonyl (C=S) groups is 1. The third kappa shape index (κ3) is 6.27. The van der Waals surface area contributed by atoms with E-state index in [-0.39, 0.29) is 18.3 Å². The molecule has 10 heteroatoms. The maximum atomic E-state index is 12.2. The fraction of sp³-hybridized carbons (Fsp3) is 0.0800. The Kier molecular flexibility index (Phi) is 8.17. The number of hydrogen-bond acceptors (Lipinski definition) is 5. The number of halogens is 2. The van der Waals surface area contributed by atoms with Gasteiger partial charge in [-0.15, -0.1) is 0 Å². The molecule has 3 N–H and O–H groups in total. The molecule has 0 aromatic heterocycles. The standard InChI is InChI=1S/C25H19Br2N3O4S/c26-23-17-7-3-1-5-15(17)9-11-19(23)33-13-21(31)28-25(35)30-29-22(32)14-34-20-12-10-16-6-2-4-8-18(16)24(20)27/h1-12H,13-14H2,(H,29,32)(H2,28,30,31,35). The van der Waals surface area contributed by atoms with Crippen LogP contribution in [0.2, 0.25) is 0 Å². The first-order valence-corrected chi connectivity index (χ1v) is 12.4. The Hall–Kier alpha value is -3.21. The summed E-state index contributed by atoms with van der Waals surface area (Å²) < 4.78 is 12.7. The number of carbonyl (C=O) groups excluding carboxylic acids is 2. The zero-order chi connectivity index (χ0) is 24.8. The van der Waals surface area contributed by atoms with E-state index in [4.69, 9.17) is 21.7 Å². The molecule has 4 aromatic rings. The van der Waals surface area contributed by atoms with E-state index in [1.807, 2.05) is 60.7 Å². The molecule has 0 unspecified atom stereocenters. The summed E-state index contributed by atoms with van der Waals surface area (Å²) in [7, 11) is 0. The van der Waals surface area contributed by atoms with E-state index in [1.54, 1.807) is 12.1 Å². The van der Waals surface area contributed by atoms with E-state index in [1.165, 1.54) is 0 Å². The van der Waals surface area contributed by atoms with Gasteiger partial charge < -0.3 is 9.47 Å². The van der Waals surface area contributed by atoms with Crippen molar-refractivity contribution >= 4 is 82.5 Å². The highest BCUT2D eigenvalue weighted by molar-refractivity contribution is 9.11. The van der Waals surface area contributed by atoms with Crippen LogP contribution in [0.3, 0.4) is 0 Å². The Bertz CT molecular complexity index is 1430. The first kappa shape index (κ1) is 24.9. The minimum Gasteiger partial charge on any atom is -0.483 e. The van der Waals surface area contributed by atoms with Crippen molar-refractivity contribution in [3.05, 3.63) is 81.7 Å². The van der Waals surface area contributed by atoms with E-state index >= 15 is 0 Å². The summed E-state index contributed by atoms with van der Waals surface area (Å²) in [6.45, 7) is -0.509. The maximum absolute atomic E-state index is 12.2. The summed E-state index contributed by atoms with van der Waals surface area (Å²) >= 11 is 12.1. The lowest BCUT2D eigenvalue weighted by Crippen LogP contribution is -2.50. The van der Waals surface area contributed by atoms with Gasteiger partial charge in [0.15, 0.2) is 18.3 Å². The van der Waals surface area contributed by atoms with E-state index < -0.39 is 11.8 Å².